The van der Waals surface area contributed by atoms with Crippen LogP contribution in [0, 0.1) is 0 Å². The Hall–Kier alpha value is -0.0400. The highest BCUT2D eigenvalue weighted by Crippen LogP contribution is 2.25. The molecular formula is C12H15Cl2IN2O. The molecule has 0 saturated heterocycles. The summed E-state index contributed by atoms with van der Waals surface area (Å²) in [4.78, 5) is 11.6. The molecule has 100 valence electrons. The summed E-state index contributed by atoms with van der Waals surface area (Å²) >= 11 is 13.9. The molecule has 0 fully saturated rings. The maximum absolute atomic E-state index is 11.6. The summed E-state index contributed by atoms with van der Waals surface area (Å²) in [5.41, 5.74) is 0.671. The zero-order valence-electron chi connectivity index (χ0n) is 9.97. The lowest BCUT2D eigenvalue weighted by Crippen LogP contribution is -2.22. The Morgan fingerprint density at radius 2 is 2.11 bits per heavy atom. The number of hydrogen-bond donors (Lipinski definition) is 2. The summed E-state index contributed by atoms with van der Waals surface area (Å²) in [6.07, 6.45) is 1.29. The predicted molar refractivity (Wildman–Crippen MR) is 85.8 cm³/mol. The molecule has 1 rings (SSSR count). The second-order valence-corrected chi connectivity index (χ2v) is 6.53. The number of carbonyl (C=O) groups is 1. The van der Waals surface area contributed by atoms with Gasteiger partial charge in [-0.05, 0) is 38.1 Å². The van der Waals surface area contributed by atoms with Gasteiger partial charge in [-0.3, -0.25) is 4.79 Å². The molecule has 0 heterocycles. The zero-order valence-corrected chi connectivity index (χ0v) is 13.6. The van der Waals surface area contributed by atoms with Crippen molar-refractivity contribution in [1.82, 2.24) is 5.32 Å². The van der Waals surface area contributed by atoms with Crippen LogP contribution in [0.3, 0.4) is 0 Å². The molecule has 1 aromatic rings. The van der Waals surface area contributed by atoms with Crippen LogP contribution in [-0.4, -0.2) is 16.5 Å². The Labute approximate surface area is 131 Å². The first-order valence-electron chi connectivity index (χ1n) is 5.61. The van der Waals surface area contributed by atoms with Gasteiger partial charge >= 0.3 is 0 Å². The summed E-state index contributed by atoms with van der Waals surface area (Å²) in [6, 6.07) is 5.04. The first-order chi connectivity index (χ1) is 8.49. The summed E-state index contributed by atoms with van der Waals surface area (Å²) in [7, 11) is 0. The maximum atomic E-state index is 11.6. The summed E-state index contributed by atoms with van der Waals surface area (Å²) in [6.45, 7) is 2.90. The van der Waals surface area contributed by atoms with E-state index in [1.807, 2.05) is 0 Å². The van der Waals surface area contributed by atoms with Gasteiger partial charge in [-0.25, -0.2) is 0 Å². The molecule has 18 heavy (non-hydrogen) atoms. The second kappa shape index (κ2) is 8.19. The average molecular weight is 401 g/mol. The van der Waals surface area contributed by atoms with Gasteiger partial charge in [-0.15, -0.1) is 0 Å². The van der Waals surface area contributed by atoms with Gasteiger partial charge in [-0.2, -0.15) is 0 Å². The van der Waals surface area contributed by atoms with E-state index < -0.39 is 0 Å². The highest BCUT2D eigenvalue weighted by atomic mass is 127. The molecule has 0 aliphatic heterocycles. The van der Waals surface area contributed by atoms with Crippen LogP contribution >= 0.6 is 45.8 Å². The van der Waals surface area contributed by atoms with Crippen LogP contribution in [0.1, 0.15) is 19.8 Å². The van der Waals surface area contributed by atoms with Crippen molar-refractivity contribution in [3.05, 3.63) is 28.2 Å². The summed E-state index contributed by atoms with van der Waals surface area (Å²) < 4.78 is 0.417. The minimum Gasteiger partial charge on any atom is -0.326 e. The van der Waals surface area contributed by atoms with E-state index in [1.165, 1.54) is 0 Å². The lowest BCUT2D eigenvalue weighted by molar-refractivity contribution is -0.116. The van der Waals surface area contributed by atoms with Crippen molar-refractivity contribution >= 4 is 57.4 Å². The summed E-state index contributed by atoms with van der Waals surface area (Å²) in [5.74, 6) is -0.0173. The first-order valence-corrected chi connectivity index (χ1v) is 7.61. The molecule has 0 spiro atoms. The molecule has 0 aliphatic rings. The third kappa shape index (κ3) is 6.22. The molecule has 0 saturated carbocycles. The number of anilines is 1. The van der Waals surface area contributed by atoms with Gasteiger partial charge in [0.25, 0.3) is 0 Å². The number of carbonyl (C=O) groups excluding carboxylic acids is 1. The Kier molecular flexibility index (Phi) is 7.29. The summed E-state index contributed by atoms with van der Waals surface area (Å²) in [5, 5.41) is 6.96. The molecule has 6 heteroatoms. The average Bonchev–Trinajstić information content (AvgIpc) is 2.29. The third-order valence-corrected chi connectivity index (χ3v) is 3.39. The van der Waals surface area contributed by atoms with Gasteiger partial charge in [0.05, 0.1) is 14.1 Å². The van der Waals surface area contributed by atoms with E-state index in [9.17, 15) is 4.79 Å². The van der Waals surface area contributed by atoms with E-state index in [0.29, 0.717) is 26.2 Å². The molecule has 0 aliphatic carbocycles. The van der Waals surface area contributed by atoms with Gasteiger partial charge in [0.1, 0.15) is 0 Å². The fourth-order valence-corrected chi connectivity index (χ4v) is 1.96. The lowest BCUT2D eigenvalue weighted by Gasteiger charge is -2.08. The Morgan fingerprint density at radius 1 is 1.39 bits per heavy atom. The van der Waals surface area contributed by atoms with E-state index >= 15 is 0 Å². The first kappa shape index (κ1) is 16.0. The number of nitrogens with one attached hydrogen (secondary N) is 2. The standard InChI is InChI=1S/C12H15Cl2IN2O/c1-8(15)16-6-2-3-12(18)17-9-4-5-10(13)11(14)7-9/h4-5,7-8,16H,2-3,6H2,1H3,(H,17,18). The van der Waals surface area contributed by atoms with Crippen molar-refractivity contribution in [2.75, 3.05) is 11.9 Å². The number of alkyl halides is 1. The normalized spacial score (nSPS) is 12.2. The van der Waals surface area contributed by atoms with E-state index in [-0.39, 0.29) is 5.91 Å². The van der Waals surface area contributed by atoms with Gasteiger partial charge in [0, 0.05) is 12.1 Å². The largest absolute Gasteiger partial charge is 0.326 e. The number of rotatable bonds is 6. The van der Waals surface area contributed by atoms with Gasteiger partial charge in [0.15, 0.2) is 0 Å². The van der Waals surface area contributed by atoms with Crippen LogP contribution in [0.5, 0.6) is 0 Å². The molecule has 0 bridgehead atoms. The van der Waals surface area contributed by atoms with Crippen molar-refractivity contribution in [2.45, 2.75) is 23.8 Å². The van der Waals surface area contributed by atoms with E-state index in [2.05, 4.69) is 40.1 Å². The highest BCUT2D eigenvalue weighted by molar-refractivity contribution is 14.1. The molecule has 1 aromatic carbocycles. The molecule has 0 aromatic heterocycles. The minimum absolute atomic E-state index is 0.0173. The number of amides is 1. The number of hydrogen-bond acceptors (Lipinski definition) is 2. The van der Waals surface area contributed by atoms with Crippen LogP contribution in [0.2, 0.25) is 10.0 Å². The highest BCUT2D eigenvalue weighted by Gasteiger charge is 2.04. The van der Waals surface area contributed by atoms with Crippen molar-refractivity contribution in [3.63, 3.8) is 0 Å². The van der Waals surface area contributed by atoms with Crippen LogP contribution in [0.25, 0.3) is 0 Å². The zero-order chi connectivity index (χ0) is 13.5. The fourth-order valence-electron chi connectivity index (χ4n) is 1.35. The van der Waals surface area contributed by atoms with Crippen molar-refractivity contribution in [3.8, 4) is 0 Å². The molecule has 1 unspecified atom stereocenters. The SMILES string of the molecule is CC(I)NCCCC(=O)Nc1ccc(Cl)c(Cl)c1. The van der Waals surface area contributed by atoms with Crippen molar-refractivity contribution in [2.24, 2.45) is 0 Å². The molecule has 1 atom stereocenters. The quantitative estimate of drug-likeness (QED) is 0.327. The van der Waals surface area contributed by atoms with Crippen LogP contribution in [-0.2, 0) is 4.79 Å². The van der Waals surface area contributed by atoms with Crippen LogP contribution < -0.4 is 10.6 Å². The Morgan fingerprint density at radius 3 is 2.72 bits per heavy atom. The van der Waals surface area contributed by atoms with Crippen LogP contribution in [0.15, 0.2) is 18.2 Å². The Bertz CT molecular complexity index is 413. The van der Waals surface area contributed by atoms with E-state index in [4.69, 9.17) is 23.2 Å². The third-order valence-electron chi connectivity index (χ3n) is 2.21. The van der Waals surface area contributed by atoms with Gasteiger partial charge < -0.3 is 10.6 Å². The second-order valence-electron chi connectivity index (χ2n) is 3.85. The van der Waals surface area contributed by atoms with E-state index in [0.717, 1.165) is 13.0 Å². The monoisotopic (exact) mass is 400 g/mol. The van der Waals surface area contributed by atoms with Gasteiger partial charge in [0.2, 0.25) is 5.91 Å². The van der Waals surface area contributed by atoms with E-state index in [1.54, 1.807) is 18.2 Å². The maximum Gasteiger partial charge on any atom is 0.224 e. The topological polar surface area (TPSA) is 41.1 Å². The molecular weight excluding hydrogens is 386 g/mol. The predicted octanol–water partition coefficient (Wildman–Crippen LogP) is 4.08. The number of benzene rings is 1. The van der Waals surface area contributed by atoms with Crippen LogP contribution in [0.4, 0.5) is 5.69 Å². The fraction of sp³-hybridized carbons (Fsp3) is 0.417. The minimum atomic E-state index is -0.0173. The van der Waals surface area contributed by atoms with Gasteiger partial charge in [-0.1, -0.05) is 45.8 Å². The van der Waals surface area contributed by atoms with Crippen molar-refractivity contribution in [1.29, 1.82) is 0 Å². The molecule has 2 N–H and O–H groups in total. The Balaban J connectivity index is 2.33. The molecule has 3 nitrogen and oxygen atoms in total. The smallest absolute Gasteiger partial charge is 0.224 e. The van der Waals surface area contributed by atoms with Crippen molar-refractivity contribution < 1.29 is 4.79 Å². The lowest BCUT2D eigenvalue weighted by atomic mass is 10.2. The molecule has 1 amide bonds. The number of halogens is 3. The molecule has 0 radical (unpaired) electrons.